The van der Waals surface area contributed by atoms with Crippen LogP contribution in [0.1, 0.15) is 36.5 Å². The molecule has 206 valence electrons. The summed E-state index contributed by atoms with van der Waals surface area (Å²) in [5, 5.41) is 2.73. The van der Waals surface area contributed by atoms with Crippen LogP contribution < -0.4 is 5.32 Å². The van der Waals surface area contributed by atoms with Crippen molar-refractivity contribution >= 4 is 21.6 Å². The number of likely N-dealkylation sites (tertiary alicyclic amines) is 1. The number of pyridine rings is 1. The third kappa shape index (κ3) is 4.25. The molecule has 1 aliphatic carbocycles. The highest BCUT2D eigenvalue weighted by molar-refractivity contribution is 7.92. The van der Waals surface area contributed by atoms with E-state index in [-0.39, 0.29) is 41.8 Å². The zero-order chi connectivity index (χ0) is 28.2. The lowest BCUT2D eigenvalue weighted by Crippen LogP contribution is -2.53. The van der Waals surface area contributed by atoms with Crippen LogP contribution >= 0.6 is 0 Å². The Morgan fingerprint density at radius 3 is 2.36 bits per heavy atom. The van der Waals surface area contributed by atoms with Crippen LogP contribution in [0, 0.1) is 5.82 Å². The average Bonchev–Trinajstić information content (AvgIpc) is 3.30. The van der Waals surface area contributed by atoms with Crippen molar-refractivity contribution in [2.75, 3.05) is 11.9 Å². The van der Waals surface area contributed by atoms with Gasteiger partial charge in [0.1, 0.15) is 10.6 Å². The third-order valence-corrected chi connectivity index (χ3v) is 10.3. The summed E-state index contributed by atoms with van der Waals surface area (Å²) < 4.78 is 95.7. The number of hydrogen-bond donors (Lipinski definition) is 1. The Balaban J connectivity index is 1.64. The SMILES string of the molecule is CC(F)(c1ccc2c(c1)CC[C@H]1N(C(=O)Nc3ccncc3)CC[C@@]21S(=O)(=O)c1ccc(F)cc1)C(F)(F)F. The molecule has 5 rings (SSSR count). The summed E-state index contributed by atoms with van der Waals surface area (Å²) in [6, 6.07) is 9.23. The Hall–Kier alpha value is -3.54. The molecule has 1 aliphatic heterocycles. The molecule has 3 atom stereocenters. The minimum Gasteiger partial charge on any atom is -0.320 e. The smallest absolute Gasteiger partial charge is 0.320 e. The van der Waals surface area contributed by atoms with Crippen LogP contribution in [0.5, 0.6) is 0 Å². The summed E-state index contributed by atoms with van der Waals surface area (Å²) >= 11 is 0. The van der Waals surface area contributed by atoms with Crippen molar-refractivity contribution < 1.29 is 35.2 Å². The molecule has 0 spiro atoms. The van der Waals surface area contributed by atoms with E-state index < -0.39 is 49.9 Å². The highest BCUT2D eigenvalue weighted by Crippen LogP contribution is 2.54. The summed E-state index contributed by atoms with van der Waals surface area (Å²) in [6.45, 7) is 0.457. The van der Waals surface area contributed by atoms with Gasteiger partial charge in [-0.25, -0.2) is 22.0 Å². The van der Waals surface area contributed by atoms with Crippen LogP contribution in [0.3, 0.4) is 0 Å². The average molecular weight is 566 g/mol. The zero-order valence-electron chi connectivity index (χ0n) is 20.7. The normalized spacial score (nSPS) is 22.5. The van der Waals surface area contributed by atoms with Crippen molar-refractivity contribution in [1.82, 2.24) is 9.88 Å². The van der Waals surface area contributed by atoms with E-state index in [1.54, 1.807) is 12.1 Å². The molecule has 0 saturated carbocycles. The fraction of sp³-hybridized carbons (Fsp3) is 0.333. The first kappa shape index (κ1) is 27.0. The number of aromatic nitrogens is 1. The second kappa shape index (κ2) is 9.29. The molecule has 0 bridgehead atoms. The monoisotopic (exact) mass is 565 g/mol. The van der Waals surface area contributed by atoms with E-state index in [0.29, 0.717) is 12.6 Å². The highest BCUT2D eigenvalue weighted by Gasteiger charge is 2.61. The van der Waals surface area contributed by atoms with E-state index in [4.69, 9.17) is 0 Å². The maximum absolute atomic E-state index is 14.8. The summed E-state index contributed by atoms with van der Waals surface area (Å²) in [6.07, 6.45) is -2.03. The lowest BCUT2D eigenvalue weighted by atomic mass is 9.77. The van der Waals surface area contributed by atoms with Crippen molar-refractivity contribution in [3.63, 3.8) is 0 Å². The summed E-state index contributed by atoms with van der Waals surface area (Å²) in [5.74, 6) is -0.643. The molecule has 1 fully saturated rings. The van der Waals surface area contributed by atoms with Crippen LogP contribution in [0.15, 0.2) is 71.9 Å². The first-order valence-electron chi connectivity index (χ1n) is 12.2. The van der Waals surface area contributed by atoms with Gasteiger partial charge in [0.05, 0.1) is 10.9 Å². The van der Waals surface area contributed by atoms with Gasteiger partial charge in [-0.15, -0.1) is 0 Å². The van der Waals surface area contributed by atoms with Crippen molar-refractivity contribution in [1.29, 1.82) is 0 Å². The van der Waals surface area contributed by atoms with Crippen molar-refractivity contribution in [2.45, 2.75) is 53.7 Å². The summed E-state index contributed by atoms with van der Waals surface area (Å²) in [4.78, 5) is 18.4. The number of nitrogens with one attached hydrogen (secondary N) is 1. The molecule has 0 radical (unpaired) electrons. The van der Waals surface area contributed by atoms with E-state index in [9.17, 15) is 35.2 Å². The first-order chi connectivity index (χ1) is 18.3. The maximum atomic E-state index is 14.8. The lowest BCUT2D eigenvalue weighted by Gasteiger charge is -2.42. The number of sulfone groups is 1. The van der Waals surface area contributed by atoms with E-state index in [1.165, 1.54) is 23.4 Å². The molecule has 6 nitrogen and oxygen atoms in total. The fourth-order valence-corrected chi connectivity index (χ4v) is 8.05. The van der Waals surface area contributed by atoms with Crippen LogP contribution in [0.2, 0.25) is 0 Å². The van der Waals surface area contributed by atoms with Gasteiger partial charge < -0.3 is 10.2 Å². The number of hydrogen-bond acceptors (Lipinski definition) is 4. The quantitative estimate of drug-likeness (QED) is 0.316. The molecule has 2 aliphatic rings. The minimum atomic E-state index is -5.18. The standard InChI is InChI=1S/C27H24F5N3O3S/c1-25(29,27(30,31)32)18-3-8-22-17(16-18)2-9-23-26(22,39(37,38)21-6-4-19(28)5-7-21)12-15-35(23)24(36)34-20-10-13-33-14-11-20/h3-8,10-11,13-14,16,23H,2,9,12,15H2,1H3,(H,33,34,36)/t23-,25?,26-/m1/s1. The Morgan fingerprint density at radius 1 is 1.05 bits per heavy atom. The van der Waals surface area contributed by atoms with E-state index in [1.807, 2.05) is 0 Å². The van der Waals surface area contributed by atoms with Crippen LogP contribution in [0.25, 0.3) is 0 Å². The van der Waals surface area contributed by atoms with Gasteiger partial charge >= 0.3 is 12.2 Å². The number of carbonyl (C=O) groups is 1. The van der Waals surface area contributed by atoms with Gasteiger partial charge in [0.15, 0.2) is 9.84 Å². The molecule has 1 aromatic heterocycles. The number of benzene rings is 2. The van der Waals surface area contributed by atoms with E-state index in [0.717, 1.165) is 36.4 Å². The molecule has 3 aromatic rings. The number of amides is 2. The molecule has 2 amide bonds. The molecule has 1 unspecified atom stereocenters. The van der Waals surface area contributed by atoms with Crippen LogP contribution in [0.4, 0.5) is 32.4 Å². The van der Waals surface area contributed by atoms with Gasteiger partial charge in [-0.05, 0) is 79.3 Å². The second-order valence-corrected chi connectivity index (χ2v) is 12.1. The highest BCUT2D eigenvalue weighted by atomic mass is 32.2. The van der Waals surface area contributed by atoms with Crippen LogP contribution in [-0.4, -0.2) is 43.1 Å². The molecule has 12 heteroatoms. The number of urea groups is 1. The van der Waals surface area contributed by atoms with Crippen molar-refractivity contribution in [2.24, 2.45) is 0 Å². The Kier molecular flexibility index (Phi) is 6.44. The molecule has 1 saturated heterocycles. The zero-order valence-corrected chi connectivity index (χ0v) is 21.5. The number of carbonyl (C=O) groups excluding carboxylic acids is 1. The predicted octanol–water partition coefficient (Wildman–Crippen LogP) is 5.89. The maximum Gasteiger partial charge on any atom is 0.426 e. The van der Waals surface area contributed by atoms with E-state index in [2.05, 4.69) is 10.3 Å². The van der Waals surface area contributed by atoms with Gasteiger partial charge in [-0.2, -0.15) is 13.2 Å². The summed E-state index contributed by atoms with van der Waals surface area (Å²) in [7, 11) is -4.32. The van der Waals surface area contributed by atoms with Gasteiger partial charge in [-0.3, -0.25) is 4.98 Å². The third-order valence-electron chi connectivity index (χ3n) is 7.76. The Bertz CT molecular complexity index is 1510. The number of anilines is 1. The predicted molar refractivity (Wildman–Crippen MR) is 133 cm³/mol. The molecule has 1 N–H and O–H groups in total. The number of aryl methyl sites for hydroxylation is 1. The van der Waals surface area contributed by atoms with Crippen LogP contribution in [-0.2, 0) is 26.7 Å². The largest absolute Gasteiger partial charge is 0.426 e. The molecular formula is C27H24F5N3O3S. The number of fused-ring (bicyclic) bond motifs is 3. The van der Waals surface area contributed by atoms with Gasteiger partial charge in [0, 0.05) is 24.6 Å². The minimum absolute atomic E-state index is 0.0343. The topological polar surface area (TPSA) is 79.4 Å². The number of alkyl halides is 4. The molecule has 39 heavy (non-hydrogen) atoms. The molecular weight excluding hydrogens is 541 g/mol. The Morgan fingerprint density at radius 2 is 1.72 bits per heavy atom. The van der Waals surface area contributed by atoms with E-state index >= 15 is 0 Å². The number of halogens is 5. The van der Waals surface area contributed by atoms with Crippen molar-refractivity contribution in [3.05, 3.63) is 89.5 Å². The van der Waals surface area contributed by atoms with Crippen molar-refractivity contribution in [3.8, 4) is 0 Å². The Labute approximate surface area is 221 Å². The summed E-state index contributed by atoms with van der Waals surface area (Å²) in [5.41, 5.74) is -3.35. The second-order valence-electron chi connectivity index (χ2n) is 9.88. The molecule has 2 heterocycles. The fourth-order valence-electron chi connectivity index (χ4n) is 5.68. The van der Waals surface area contributed by atoms with Gasteiger partial charge in [-0.1, -0.05) is 18.2 Å². The molecule has 2 aromatic carbocycles. The van der Waals surface area contributed by atoms with Gasteiger partial charge in [0.25, 0.3) is 0 Å². The number of rotatable bonds is 4. The first-order valence-corrected chi connectivity index (χ1v) is 13.6. The number of nitrogens with zero attached hydrogens (tertiary/aromatic N) is 2. The lowest BCUT2D eigenvalue weighted by molar-refractivity contribution is -0.228. The van der Waals surface area contributed by atoms with Gasteiger partial charge in [0.2, 0.25) is 5.67 Å².